The molecule has 1 atom stereocenters. The third-order valence-electron chi connectivity index (χ3n) is 3.73. The Morgan fingerprint density at radius 1 is 1.25 bits per heavy atom. The van der Waals surface area contributed by atoms with Crippen molar-refractivity contribution in [2.75, 3.05) is 25.0 Å². The zero-order chi connectivity index (χ0) is 11.0. The van der Waals surface area contributed by atoms with Gasteiger partial charge in [-0.25, -0.2) is 0 Å². The summed E-state index contributed by atoms with van der Waals surface area (Å²) in [4.78, 5) is 2.57. The lowest BCUT2D eigenvalue weighted by Gasteiger charge is -2.33. The van der Waals surface area contributed by atoms with E-state index < -0.39 is 0 Å². The van der Waals surface area contributed by atoms with Gasteiger partial charge >= 0.3 is 0 Å². The second-order valence-corrected chi connectivity index (χ2v) is 4.82. The molecule has 0 amide bonds. The molecular formula is C13H18N2O. The van der Waals surface area contributed by atoms with Gasteiger partial charge in [-0.2, -0.15) is 0 Å². The van der Waals surface area contributed by atoms with Crippen molar-refractivity contribution in [2.45, 2.75) is 25.3 Å². The summed E-state index contributed by atoms with van der Waals surface area (Å²) in [7, 11) is 0. The summed E-state index contributed by atoms with van der Waals surface area (Å²) in [5.41, 5.74) is 2.44. The highest BCUT2D eigenvalue weighted by molar-refractivity contribution is 5.56. The number of hydrogen-bond donors (Lipinski definition) is 2. The van der Waals surface area contributed by atoms with E-state index in [0.29, 0.717) is 11.8 Å². The van der Waals surface area contributed by atoms with Gasteiger partial charge in [-0.15, -0.1) is 0 Å². The van der Waals surface area contributed by atoms with E-state index in [2.05, 4.69) is 10.2 Å². The standard InChI is InChI=1S/C13H18N2O/c16-12-3-4-13-10(8-12)7-11(9-14-13)15-5-1-2-6-15/h3-4,8,11,14,16H,1-2,5-7,9H2. The minimum Gasteiger partial charge on any atom is -0.508 e. The lowest BCUT2D eigenvalue weighted by atomic mass is 9.98. The summed E-state index contributed by atoms with van der Waals surface area (Å²) in [6, 6.07) is 6.23. The van der Waals surface area contributed by atoms with Gasteiger partial charge in [0, 0.05) is 18.3 Å². The lowest BCUT2D eigenvalue weighted by Crippen LogP contribution is -2.42. The number of aromatic hydroxyl groups is 1. The number of benzene rings is 1. The highest BCUT2D eigenvalue weighted by Crippen LogP contribution is 2.28. The SMILES string of the molecule is Oc1ccc2c(c1)CC(N1CCCC1)CN2. The molecule has 0 radical (unpaired) electrons. The largest absolute Gasteiger partial charge is 0.508 e. The fraction of sp³-hybridized carbons (Fsp3) is 0.538. The van der Waals surface area contributed by atoms with Crippen molar-refractivity contribution in [1.82, 2.24) is 4.90 Å². The smallest absolute Gasteiger partial charge is 0.116 e. The number of nitrogens with zero attached hydrogens (tertiary/aromatic N) is 1. The summed E-state index contributed by atoms with van der Waals surface area (Å²) in [6.45, 7) is 3.51. The fourth-order valence-corrected chi connectivity index (χ4v) is 2.84. The van der Waals surface area contributed by atoms with Gasteiger partial charge in [-0.1, -0.05) is 0 Å². The van der Waals surface area contributed by atoms with Crippen LogP contribution in [0.25, 0.3) is 0 Å². The molecule has 1 saturated heterocycles. The average molecular weight is 218 g/mol. The summed E-state index contributed by atoms with van der Waals surface area (Å²) in [5, 5.41) is 13.0. The summed E-state index contributed by atoms with van der Waals surface area (Å²) >= 11 is 0. The van der Waals surface area contributed by atoms with Crippen molar-refractivity contribution >= 4 is 5.69 Å². The predicted molar refractivity (Wildman–Crippen MR) is 64.9 cm³/mol. The van der Waals surface area contributed by atoms with Crippen LogP contribution in [0.15, 0.2) is 18.2 Å². The molecule has 2 aliphatic rings. The summed E-state index contributed by atoms with van der Waals surface area (Å²) < 4.78 is 0. The van der Waals surface area contributed by atoms with Crippen LogP contribution in [0.5, 0.6) is 5.75 Å². The quantitative estimate of drug-likeness (QED) is 0.706. The molecule has 3 rings (SSSR count). The zero-order valence-corrected chi connectivity index (χ0v) is 9.45. The van der Waals surface area contributed by atoms with Crippen molar-refractivity contribution < 1.29 is 5.11 Å². The molecule has 3 nitrogen and oxygen atoms in total. The molecule has 86 valence electrons. The number of nitrogens with one attached hydrogen (secondary N) is 1. The van der Waals surface area contributed by atoms with E-state index in [1.807, 2.05) is 12.1 Å². The molecule has 0 spiro atoms. The van der Waals surface area contributed by atoms with Gasteiger partial charge < -0.3 is 10.4 Å². The lowest BCUT2D eigenvalue weighted by molar-refractivity contribution is 0.247. The third kappa shape index (κ3) is 1.76. The zero-order valence-electron chi connectivity index (χ0n) is 9.45. The Bertz CT molecular complexity index is 386. The molecule has 2 aliphatic heterocycles. The first kappa shape index (κ1) is 9.97. The Morgan fingerprint density at radius 3 is 2.88 bits per heavy atom. The predicted octanol–water partition coefficient (Wildman–Crippen LogP) is 1.82. The van der Waals surface area contributed by atoms with Crippen LogP contribution < -0.4 is 5.32 Å². The van der Waals surface area contributed by atoms with Gasteiger partial charge in [0.25, 0.3) is 0 Å². The Hall–Kier alpha value is -1.22. The fourth-order valence-electron chi connectivity index (χ4n) is 2.84. The Morgan fingerprint density at radius 2 is 2.06 bits per heavy atom. The monoisotopic (exact) mass is 218 g/mol. The number of fused-ring (bicyclic) bond motifs is 1. The van der Waals surface area contributed by atoms with E-state index in [4.69, 9.17) is 0 Å². The molecule has 16 heavy (non-hydrogen) atoms. The molecule has 2 N–H and O–H groups in total. The number of phenols is 1. The van der Waals surface area contributed by atoms with Crippen molar-refractivity contribution in [3.8, 4) is 5.75 Å². The normalized spacial score (nSPS) is 25.1. The highest BCUT2D eigenvalue weighted by Gasteiger charge is 2.25. The van der Waals surface area contributed by atoms with Crippen molar-refractivity contribution in [2.24, 2.45) is 0 Å². The van der Waals surface area contributed by atoms with Crippen LogP contribution >= 0.6 is 0 Å². The Balaban J connectivity index is 1.79. The van der Waals surface area contributed by atoms with Gasteiger partial charge in [0.1, 0.15) is 5.75 Å². The average Bonchev–Trinajstić information content (AvgIpc) is 2.81. The van der Waals surface area contributed by atoms with Crippen LogP contribution in [-0.2, 0) is 6.42 Å². The third-order valence-corrected chi connectivity index (χ3v) is 3.73. The van der Waals surface area contributed by atoms with Gasteiger partial charge in [0.15, 0.2) is 0 Å². The Kier molecular flexibility index (Phi) is 2.48. The van der Waals surface area contributed by atoms with E-state index in [1.54, 1.807) is 6.07 Å². The molecule has 0 aromatic heterocycles. The number of likely N-dealkylation sites (tertiary alicyclic amines) is 1. The van der Waals surface area contributed by atoms with Gasteiger partial charge in [-0.05, 0) is 56.1 Å². The molecule has 1 aromatic carbocycles. The molecular weight excluding hydrogens is 200 g/mol. The van der Waals surface area contributed by atoms with Crippen LogP contribution in [0, 0.1) is 0 Å². The van der Waals surface area contributed by atoms with Gasteiger partial charge in [-0.3, -0.25) is 4.90 Å². The maximum atomic E-state index is 9.50. The highest BCUT2D eigenvalue weighted by atomic mass is 16.3. The van der Waals surface area contributed by atoms with E-state index in [9.17, 15) is 5.11 Å². The minimum atomic E-state index is 0.377. The van der Waals surface area contributed by atoms with Crippen LogP contribution in [0.4, 0.5) is 5.69 Å². The van der Waals surface area contributed by atoms with Crippen LogP contribution in [0.3, 0.4) is 0 Å². The minimum absolute atomic E-state index is 0.377. The number of hydrogen-bond acceptors (Lipinski definition) is 3. The van der Waals surface area contributed by atoms with E-state index in [-0.39, 0.29) is 0 Å². The molecule has 0 saturated carbocycles. The van der Waals surface area contributed by atoms with E-state index >= 15 is 0 Å². The molecule has 3 heteroatoms. The van der Waals surface area contributed by atoms with Crippen LogP contribution in [0.2, 0.25) is 0 Å². The van der Waals surface area contributed by atoms with Crippen molar-refractivity contribution in [1.29, 1.82) is 0 Å². The van der Waals surface area contributed by atoms with Crippen molar-refractivity contribution in [3.63, 3.8) is 0 Å². The van der Waals surface area contributed by atoms with E-state index in [1.165, 1.54) is 37.2 Å². The first-order valence-electron chi connectivity index (χ1n) is 6.13. The first-order chi connectivity index (χ1) is 7.83. The molecule has 1 unspecified atom stereocenters. The molecule has 0 bridgehead atoms. The van der Waals surface area contributed by atoms with Crippen LogP contribution in [-0.4, -0.2) is 35.7 Å². The van der Waals surface area contributed by atoms with Gasteiger partial charge in [0.2, 0.25) is 0 Å². The summed E-state index contributed by atoms with van der Waals surface area (Å²) in [5.74, 6) is 0.377. The maximum absolute atomic E-state index is 9.50. The number of phenolic OH excluding ortho intramolecular Hbond substituents is 1. The molecule has 0 aliphatic carbocycles. The van der Waals surface area contributed by atoms with Crippen molar-refractivity contribution in [3.05, 3.63) is 23.8 Å². The summed E-state index contributed by atoms with van der Waals surface area (Å²) in [6.07, 6.45) is 3.74. The Labute approximate surface area is 96.1 Å². The number of anilines is 1. The van der Waals surface area contributed by atoms with E-state index in [0.717, 1.165) is 13.0 Å². The topological polar surface area (TPSA) is 35.5 Å². The van der Waals surface area contributed by atoms with Gasteiger partial charge in [0.05, 0.1) is 0 Å². The number of rotatable bonds is 1. The second-order valence-electron chi connectivity index (χ2n) is 4.82. The molecule has 2 heterocycles. The van der Waals surface area contributed by atoms with Crippen LogP contribution in [0.1, 0.15) is 18.4 Å². The maximum Gasteiger partial charge on any atom is 0.116 e. The first-order valence-corrected chi connectivity index (χ1v) is 6.13. The molecule has 1 aromatic rings. The second kappa shape index (κ2) is 3.98. The molecule has 1 fully saturated rings.